The molecule has 3 aliphatic rings. The molecule has 7 nitrogen and oxygen atoms in total. The van der Waals surface area contributed by atoms with Crippen LogP contribution in [0.15, 0.2) is 36.4 Å². The van der Waals surface area contributed by atoms with E-state index in [1.54, 1.807) is 6.07 Å². The number of anilines is 1. The number of aromatic nitrogens is 2. The van der Waals surface area contributed by atoms with E-state index in [1.807, 2.05) is 25.2 Å². The second-order valence-electron chi connectivity index (χ2n) is 9.89. The molecule has 2 heterocycles. The molecular formula is C27H30N4O3. The van der Waals surface area contributed by atoms with Gasteiger partial charge in [0.2, 0.25) is 0 Å². The van der Waals surface area contributed by atoms with Crippen molar-refractivity contribution in [3.8, 4) is 0 Å². The predicted molar refractivity (Wildman–Crippen MR) is 130 cm³/mol. The molecule has 1 aromatic heterocycles. The lowest BCUT2D eigenvalue weighted by molar-refractivity contribution is -0.124. The van der Waals surface area contributed by atoms with Crippen molar-refractivity contribution in [2.45, 2.75) is 63.0 Å². The first-order valence-corrected chi connectivity index (χ1v) is 12.4. The molecule has 1 unspecified atom stereocenters. The molecule has 2 aliphatic carbocycles. The summed E-state index contributed by atoms with van der Waals surface area (Å²) >= 11 is 0. The minimum absolute atomic E-state index is 0.0693. The summed E-state index contributed by atoms with van der Waals surface area (Å²) in [5.41, 5.74) is 5.33. The molecule has 3 aromatic rings. The Hall–Kier alpha value is -3.19. The molecule has 2 fully saturated rings. The van der Waals surface area contributed by atoms with Crippen molar-refractivity contribution in [1.82, 2.24) is 14.9 Å². The van der Waals surface area contributed by atoms with E-state index in [9.17, 15) is 9.59 Å². The second kappa shape index (κ2) is 8.55. The second-order valence-corrected chi connectivity index (χ2v) is 9.89. The summed E-state index contributed by atoms with van der Waals surface area (Å²) in [6.07, 6.45) is 6.31. The Kier molecular flexibility index (Phi) is 5.37. The van der Waals surface area contributed by atoms with Crippen LogP contribution in [0.1, 0.15) is 65.3 Å². The number of carbonyl (C=O) groups is 2. The first-order valence-electron chi connectivity index (χ1n) is 12.4. The van der Waals surface area contributed by atoms with Gasteiger partial charge in [0, 0.05) is 31.2 Å². The van der Waals surface area contributed by atoms with Gasteiger partial charge in [0.1, 0.15) is 11.9 Å². The van der Waals surface area contributed by atoms with Crippen LogP contribution >= 0.6 is 0 Å². The van der Waals surface area contributed by atoms with Crippen LogP contribution in [0.2, 0.25) is 0 Å². The number of hydrogen-bond acceptors (Lipinski definition) is 4. The standard InChI is InChI=1S/C27H30N4O3/c1-31-24-21(29-25(31)16-8-4-9-16)14-19(15-22(24)30-27(33)23-10-5-11-34-23)26(32)28-20-12-17-6-2-3-7-18(17)13-20/h2-3,6-7,14-16,20,23H,4-5,8-13H2,1H3,(H,28,32)(H,30,33). The summed E-state index contributed by atoms with van der Waals surface area (Å²) < 4.78 is 7.67. The molecule has 34 heavy (non-hydrogen) atoms. The van der Waals surface area contributed by atoms with Crippen molar-refractivity contribution >= 4 is 28.5 Å². The molecule has 2 aromatic carbocycles. The zero-order valence-electron chi connectivity index (χ0n) is 19.5. The average molecular weight is 459 g/mol. The number of nitrogens with zero attached hydrogens (tertiary/aromatic N) is 2. The first kappa shape index (κ1) is 21.4. The molecular weight excluding hydrogens is 428 g/mol. The summed E-state index contributed by atoms with van der Waals surface area (Å²) in [6.45, 7) is 0.608. The molecule has 7 heteroatoms. The van der Waals surface area contributed by atoms with Crippen LogP contribution in [0.25, 0.3) is 11.0 Å². The van der Waals surface area contributed by atoms with Crippen LogP contribution in [-0.2, 0) is 29.4 Å². The Bertz CT molecular complexity index is 1250. The molecule has 2 N–H and O–H groups in total. The maximum absolute atomic E-state index is 13.3. The highest BCUT2D eigenvalue weighted by Gasteiger charge is 2.29. The molecule has 0 radical (unpaired) electrons. The number of carbonyl (C=O) groups excluding carboxylic acids is 2. The van der Waals surface area contributed by atoms with Crippen LogP contribution in [0.4, 0.5) is 5.69 Å². The lowest BCUT2D eigenvalue weighted by Gasteiger charge is -2.24. The monoisotopic (exact) mass is 458 g/mol. The van der Waals surface area contributed by atoms with Gasteiger partial charge in [-0.1, -0.05) is 30.7 Å². The summed E-state index contributed by atoms with van der Waals surface area (Å²) in [6, 6.07) is 12.1. The minimum atomic E-state index is -0.441. The minimum Gasteiger partial charge on any atom is -0.368 e. The van der Waals surface area contributed by atoms with Crippen LogP contribution in [0, 0.1) is 0 Å². The van der Waals surface area contributed by atoms with E-state index in [4.69, 9.17) is 9.72 Å². The van der Waals surface area contributed by atoms with Crippen LogP contribution in [-0.4, -0.2) is 40.1 Å². The number of ether oxygens (including phenoxy) is 1. The third kappa shape index (κ3) is 3.78. The van der Waals surface area contributed by atoms with Crippen molar-refractivity contribution in [3.05, 3.63) is 58.9 Å². The predicted octanol–water partition coefficient (Wildman–Crippen LogP) is 3.86. The van der Waals surface area contributed by atoms with Gasteiger partial charge in [0.25, 0.3) is 11.8 Å². The van der Waals surface area contributed by atoms with Crippen molar-refractivity contribution < 1.29 is 14.3 Å². The van der Waals surface area contributed by atoms with Crippen LogP contribution in [0.5, 0.6) is 0 Å². The fraction of sp³-hybridized carbons (Fsp3) is 0.444. The van der Waals surface area contributed by atoms with E-state index >= 15 is 0 Å². The highest BCUT2D eigenvalue weighted by atomic mass is 16.5. The van der Waals surface area contributed by atoms with Gasteiger partial charge in [0.15, 0.2) is 0 Å². The first-order chi connectivity index (χ1) is 16.6. The number of aryl methyl sites for hydroxylation is 1. The number of amides is 2. The van der Waals surface area contributed by atoms with Crippen molar-refractivity contribution in [2.24, 2.45) is 7.05 Å². The van der Waals surface area contributed by atoms with Gasteiger partial charge in [-0.2, -0.15) is 0 Å². The van der Waals surface area contributed by atoms with Crippen LogP contribution in [0.3, 0.4) is 0 Å². The maximum Gasteiger partial charge on any atom is 0.253 e. The Balaban J connectivity index is 1.31. The summed E-state index contributed by atoms with van der Waals surface area (Å²) in [5.74, 6) is 1.17. The Labute approximate surface area is 198 Å². The van der Waals surface area contributed by atoms with Crippen LogP contribution < -0.4 is 10.6 Å². The fourth-order valence-corrected chi connectivity index (χ4v) is 5.56. The number of benzene rings is 2. The smallest absolute Gasteiger partial charge is 0.253 e. The third-order valence-corrected chi connectivity index (χ3v) is 7.60. The normalized spacial score (nSPS) is 20.3. The summed E-state index contributed by atoms with van der Waals surface area (Å²) in [4.78, 5) is 31.1. The number of fused-ring (bicyclic) bond motifs is 2. The van der Waals surface area contributed by atoms with Gasteiger partial charge >= 0.3 is 0 Å². The highest BCUT2D eigenvalue weighted by Crippen LogP contribution is 2.38. The maximum atomic E-state index is 13.3. The van der Waals surface area contributed by atoms with Gasteiger partial charge in [-0.3, -0.25) is 9.59 Å². The van der Waals surface area contributed by atoms with E-state index in [2.05, 4.69) is 27.3 Å². The SMILES string of the molecule is Cn1c(C2CCC2)nc2cc(C(=O)NC3Cc4ccccc4C3)cc(NC(=O)C3CCCO3)c21. The topological polar surface area (TPSA) is 85.3 Å². The molecule has 2 amide bonds. The molecule has 0 bridgehead atoms. The van der Waals surface area contributed by atoms with E-state index in [-0.39, 0.29) is 17.9 Å². The zero-order chi connectivity index (χ0) is 23.2. The quantitative estimate of drug-likeness (QED) is 0.608. The number of rotatable bonds is 5. The van der Waals surface area contributed by atoms with Gasteiger partial charge in [0.05, 0.1) is 16.7 Å². The Morgan fingerprint density at radius 1 is 1.06 bits per heavy atom. The van der Waals surface area contributed by atoms with Gasteiger partial charge in [-0.15, -0.1) is 0 Å². The largest absolute Gasteiger partial charge is 0.368 e. The Morgan fingerprint density at radius 2 is 1.82 bits per heavy atom. The molecule has 0 spiro atoms. The van der Waals surface area contributed by atoms with Gasteiger partial charge in [-0.05, 0) is 61.8 Å². The van der Waals surface area contributed by atoms with E-state index in [1.165, 1.54) is 17.5 Å². The fourth-order valence-electron chi connectivity index (χ4n) is 5.56. The van der Waals surface area contributed by atoms with Crippen molar-refractivity contribution in [2.75, 3.05) is 11.9 Å². The third-order valence-electron chi connectivity index (χ3n) is 7.60. The number of hydrogen-bond donors (Lipinski definition) is 2. The molecule has 176 valence electrons. The van der Waals surface area contributed by atoms with E-state index in [0.29, 0.717) is 23.8 Å². The van der Waals surface area contributed by atoms with Gasteiger partial charge in [-0.25, -0.2) is 4.98 Å². The van der Waals surface area contributed by atoms with E-state index in [0.717, 1.165) is 55.4 Å². The summed E-state index contributed by atoms with van der Waals surface area (Å²) in [7, 11) is 2.00. The average Bonchev–Trinajstić information content (AvgIpc) is 3.52. The molecule has 1 saturated carbocycles. The number of nitrogens with one attached hydrogen (secondary N) is 2. The Morgan fingerprint density at radius 3 is 2.47 bits per heavy atom. The zero-order valence-corrected chi connectivity index (χ0v) is 19.5. The lowest BCUT2D eigenvalue weighted by atomic mass is 9.85. The van der Waals surface area contributed by atoms with Crippen molar-refractivity contribution in [3.63, 3.8) is 0 Å². The summed E-state index contributed by atoms with van der Waals surface area (Å²) in [5, 5.41) is 6.25. The van der Waals surface area contributed by atoms with Crippen molar-refractivity contribution in [1.29, 1.82) is 0 Å². The lowest BCUT2D eigenvalue weighted by Crippen LogP contribution is -2.35. The molecule has 1 atom stereocenters. The van der Waals surface area contributed by atoms with Gasteiger partial charge < -0.3 is 19.9 Å². The molecule has 6 rings (SSSR count). The number of imidazole rings is 1. The molecule has 1 aliphatic heterocycles. The van der Waals surface area contributed by atoms with E-state index < -0.39 is 6.10 Å². The molecule has 1 saturated heterocycles. The highest BCUT2D eigenvalue weighted by molar-refractivity contribution is 6.06.